The lowest BCUT2D eigenvalue weighted by Gasteiger charge is -2.35. The molecule has 1 aromatic carbocycles. The van der Waals surface area contributed by atoms with Crippen LogP contribution in [-0.4, -0.2) is 57.9 Å². The highest BCUT2D eigenvalue weighted by Crippen LogP contribution is 2.21. The summed E-state index contributed by atoms with van der Waals surface area (Å²) < 4.78 is 11.3. The topological polar surface area (TPSA) is 33.7 Å². The maximum atomic E-state index is 5.90. The zero-order chi connectivity index (χ0) is 13.7. The zero-order valence-electron chi connectivity index (χ0n) is 12.1. The van der Waals surface area contributed by atoms with Gasteiger partial charge in [0.1, 0.15) is 5.75 Å². The Kier molecular flexibility index (Phi) is 5.19. The summed E-state index contributed by atoms with van der Waals surface area (Å²) in [5, 5.41) is 3.38. The maximum absolute atomic E-state index is 5.90. The lowest BCUT2D eigenvalue weighted by Crippen LogP contribution is -2.51. The summed E-state index contributed by atoms with van der Waals surface area (Å²) in [6.07, 6.45) is 1.15. The van der Waals surface area contributed by atoms with Crippen molar-refractivity contribution in [2.45, 2.75) is 18.6 Å². The molecule has 19 heavy (non-hydrogen) atoms. The van der Waals surface area contributed by atoms with Gasteiger partial charge < -0.3 is 19.7 Å². The molecule has 1 saturated heterocycles. The predicted molar refractivity (Wildman–Crippen MR) is 76.8 cm³/mol. The number of hydrogen-bond acceptors (Lipinski definition) is 4. The van der Waals surface area contributed by atoms with Crippen LogP contribution in [0.15, 0.2) is 24.3 Å². The van der Waals surface area contributed by atoms with E-state index in [-0.39, 0.29) is 6.10 Å². The standard InChI is InChI=1S/C15H24N2O2/c1-16-13(15-11-17(2)8-9-19-15)10-12-6-4-5-7-14(12)18-3/h4-7,13,15-16H,8-11H2,1-3H3. The van der Waals surface area contributed by atoms with Crippen molar-refractivity contribution in [2.24, 2.45) is 0 Å². The van der Waals surface area contributed by atoms with Crippen molar-refractivity contribution in [2.75, 3.05) is 40.9 Å². The average Bonchev–Trinajstić information content (AvgIpc) is 2.45. The van der Waals surface area contributed by atoms with E-state index in [9.17, 15) is 0 Å². The molecule has 4 nitrogen and oxygen atoms in total. The number of nitrogens with zero attached hydrogens (tertiary/aromatic N) is 1. The molecule has 0 aliphatic carbocycles. The van der Waals surface area contributed by atoms with E-state index in [2.05, 4.69) is 29.4 Å². The van der Waals surface area contributed by atoms with E-state index in [1.807, 2.05) is 19.2 Å². The first-order valence-corrected chi connectivity index (χ1v) is 6.84. The van der Waals surface area contributed by atoms with Gasteiger partial charge in [-0.05, 0) is 32.1 Å². The minimum absolute atomic E-state index is 0.230. The van der Waals surface area contributed by atoms with E-state index >= 15 is 0 Å². The fourth-order valence-corrected chi connectivity index (χ4v) is 2.58. The molecule has 0 radical (unpaired) electrons. The van der Waals surface area contributed by atoms with Gasteiger partial charge in [-0.15, -0.1) is 0 Å². The number of para-hydroxylation sites is 1. The number of benzene rings is 1. The number of rotatable bonds is 5. The van der Waals surface area contributed by atoms with Gasteiger partial charge >= 0.3 is 0 Å². The summed E-state index contributed by atoms with van der Waals surface area (Å²) in [6, 6.07) is 8.49. The molecule has 0 saturated carbocycles. The summed E-state index contributed by atoms with van der Waals surface area (Å²) >= 11 is 0. The molecule has 2 rings (SSSR count). The summed E-state index contributed by atoms with van der Waals surface area (Å²) in [5.74, 6) is 0.951. The maximum Gasteiger partial charge on any atom is 0.122 e. The molecular weight excluding hydrogens is 240 g/mol. The zero-order valence-corrected chi connectivity index (χ0v) is 12.1. The SMILES string of the molecule is CNC(Cc1ccccc1OC)C1CN(C)CCO1. The van der Waals surface area contributed by atoms with Crippen LogP contribution in [0, 0.1) is 0 Å². The van der Waals surface area contributed by atoms with E-state index in [0.717, 1.165) is 31.9 Å². The Balaban J connectivity index is 2.05. The molecule has 0 bridgehead atoms. The van der Waals surface area contributed by atoms with Gasteiger partial charge in [-0.1, -0.05) is 18.2 Å². The van der Waals surface area contributed by atoms with Gasteiger partial charge in [0.15, 0.2) is 0 Å². The fourth-order valence-electron chi connectivity index (χ4n) is 2.58. The van der Waals surface area contributed by atoms with Gasteiger partial charge in [0.2, 0.25) is 0 Å². The first kappa shape index (κ1) is 14.3. The molecular formula is C15H24N2O2. The smallest absolute Gasteiger partial charge is 0.122 e. The highest BCUT2D eigenvalue weighted by Gasteiger charge is 2.26. The Morgan fingerprint density at radius 1 is 1.47 bits per heavy atom. The van der Waals surface area contributed by atoms with Crippen molar-refractivity contribution in [1.29, 1.82) is 0 Å². The lowest BCUT2D eigenvalue weighted by molar-refractivity contribution is -0.0372. The summed E-state index contributed by atoms with van der Waals surface area (Å²) in [5.41, 5.74) is 1.22. The quantitative estimate of drug-likeness (QED) is 0.865. The van der Waals surface area contributed by atoms with Gasteiger partial charge in [0.05, 0.1) is 19.8 Å². The van der Waals surface area contributed by atoms with Crippen LogP contribution in [-0.2, 0) is 11.2 Å². The number of hydrogen-bond donors (Lipinski definition) is 1. The van der Waals surface area contributed by atoms with Gasteiger partial charge in [-0.3, -0.25) is 0 Å². The summed E-state index contributed by atoms with van der Waals surface area (Å²) in [4.78, 5) is 2.32. The van der Waals surface area contributed by atoms with Gasteiger partial charge in [0.25, 0.3) is 0 Å². The number of morpholine rings is 1. The van der Waals surface area contributed by atoms with E-state index in [1.54, 1.807) is 7.11 Å². The number of likely N-dealkylation sites (N-methyl/N-ethyl adjacent to an activating group) is 2. The van der Waals surface area contributed by atoms with Crippen LogP contribution >= 0.6 is 0 Å². The molecule has 2 atom stereocenters. The van der Waals surface area contributed by atoms with E-state index in [0.29, 0.717) is 6.04 Å². The molecule has 1 aromatic rings. The second kappa shape index (κ2) is 6.89. The van der Waals surface area contributed by atoms with Gasteiger partial charge in [-0.2, -0.15) is 0 Å². The molecule has 106 valence electrons. The highest BCUT2D eigenvalue weighted by atomic mass is 16.5. The van der Waals surface area contributed by atoms with E-state index < -0.39 is 0 Å². The van der Waals surface area contributed by atoms with E-state index in [1.165, 1.54) is 5.56 Å². The summed E-state index contributed by atoms with van der Waals surface area (Å²) in [6.45, 7) is 2.80. The third-order valence-electron chi connectivity index (χ3n) is 3.75. The molecule has 1 N–H and O–H groups in total. The van der Waals surface area contributed by atoms with Crippen molar-refractivity contribution in [3.63, 3.8) is 0 Å². The second-order valence-electron chi connectivity index (χ2n) is 5.08. The molecule has 0 spiro atoms. The van der Waals surface area contributed by atoms with Crippen molar-refractivity contribution in [3.8, 4) is 5.75 Å². The van der Waals surface area contributed by atoms with Crippen molar-refractivity contribution in [3.05, 3.63) is 29.8 Å². The second-order valence-corrected chi connectivity index (χ2v) is 5.08. The fraction of sp³-hybridized carbons (Fsp3) is 0.600. The Labute approximate surface area is 115 Å². The van der Waals surface area contributed by atoms with Crippen LogP contribution in [0.5, 0.6) is 5.75 Å². The molecule has 0 amide bonds. The normalized spacial score (nSPS) is 22.2. The monoisotopic (exact) mass is 264 g/mol. The largest absolute Gasteiger partial charge is 0.496 e. The van der Waals surface area contributed by atoms with Crippen LogP contribution in [0.4, 0.5) is 0 Å². The lowest BCUT2D eigenvalue weighted by atomic mass is 9.99. The van der Waals surface area contributed by atoms with Crippen LogP contribution in [0.25, 0.3) is 0 Å². The van der Waals surface area contributed by atoms with Gasteiger partial charge in [0, 0.05) is 19.1 Å². The highest BCUT2D eigenvalue weighted by molar-refractivity contribution is 5.34. The van der Waals surface area contributed by atoms with E-state index in [4.69, 9.17) is 9.47 Å². The Bertz CT molecular complexity index is 397. The molecule has 0 aromatic heterocycles. The van der Waals surface area contributed by atoms with Crippen LogP contribution in [0.3, 0.4) is 0 Å². The number of methoxy groups -OCH3 is 1. The van der Waals surface area contributed by atoms with Crippen LogP contribution < -0.4 is 10.1 Å². The first-order valence-electron chi connectivity index (χ1n) is 6.84. The Morgan fingerprint density at radius 2 is 2.26 bits per heavy atom. The average molecular weight is 264 g/mol. The third kappa shape index (κ3) is 3.69. The molecule has 1 fully saturated rings. The Morgan fingerprint density at radius 3 is 2.95 bits per heavy atom. The molecule has 4 heteroatoms. The first-order chi connectivity index (χ1) is 9.24. The minimum Gasteiger partial charge on any atom is -0.496 e. The van der Waals surface area contributed by atoms with Crippen molar-refractivity contribution in [1.82, 2.24) is 10.2 Å². The van der Waals surface area contributed by atoms with Crippen LogP contribution in [0.2, 0.25) is 0 Å². The number of ether oxygens (including phenoxy) is 2. The van der Waals surface area contributed by atoms with Crippen molar-refractivity contribution >= 4 is 0 Å². The van der Waals surface area contributed by atoms with Crippen LogP contribution in [0.1, 0.15) is 5.56 Å². The summed E-state index contributed by atoms with van der Waals surface area (Å²) in [7, 11) is 5.86. The molecule has 1 aliphatic rings. The minimum atomic E-state index is 0.230. The third-order valence-corrected chi connectivity index (χ3v) is 3.75. The molecule has 1 aliphatic heterocycles. The number of nitrogens with one attached hydrogen (secondary N) is 1. The Hall–Kier alpha value is -1.10. The van der Waals surface area contributed by atoms with Gasteiger partial charge in [-0.25, -0.2) is 0 Å². The molecule has 1 heterocycles. The molecule has 2 unspecified atom stereocenters. The predicted octanol–water partition coefficient (Wildman–Crippen LogP) is 1.16. The van der Waals surface area contributed by atoms with Crippen molar-refractivity contribution < 1.29 is 9.47 Å².